The molecule has 2 amide bonds. The minimum atomic E-state index is -1.66. The zero-order chi connectivity index (χ0) is 33.7. The summed E-state index contributed by atoms with van der Waals surface area (Å²) in [5, 5.41) is 26.5. The highest BCUT2D eigenvalue weighted by atomic mass is 79.9. The van der Waals surface area contributed by atoms with E-state index >= 15 is 0 Å². The average molecular weight is 700 g/mol. The van der Waals surface area contributed by atoms with Gasteiger partial charge in [-0.3, -0.25) is 28.9 Å². The molecule has 0 spiro atoms. The molecule has 47 heavy (non-hydrogen) atoms. The second-order valence-corrected chi connectivity index (χ2v) is 13.6. The first-order valence-corrected chi connectivity index (χ1v) is 16.2. The Labute approximate surface area is 278 Å². The maximum absolute atomic E-state index is 14.4. The highest BCUT2D eigenvalue weighted by Crippen LogP contribution is 2.57. The summed E-state index contributed by atoms with van der Waals surface area (Å²) in [7, 11) is 0. The predicted octanol–water partition coefficient (Wildman–Crippen LogP) is 5.68. The van der Waals surface area contributed by atoms with Gasteiger partial charge in [-0.15, -0.1) is 0 Å². The fraction of sp³-hybridized carbons (Fsp3) is 0.306. The lowest BCUT2D eigenvalue weighted by molar-refractivity contribution is -0.123. The number of nitrogens with one attached hydrogen (secondary N) is 1. The molecule has 1 saturated carbocycles. The van der Waals surface area contributed by atoms with Crippen LogP contribution in [-0.4, -0.2) is 56.4 Å². The molecule has 3 aromatic carbocycles. The second-order valence-electron chi connectivity index (χ2n) is 12.8. The summed E-state index contributed by atoms with van der Waals surface area (Å²) < 4.78 is 6.66. The third-order valence-corrected chi connectivity index (χ3v) is 10.8. The quantitative estimate of drug-likeness (QED) is 0.135. The summed E-state index contributed by atoms with van der Waals surface area (Å²) >= 11 is 3.53. The van der Waals surface area contributed by atoms with Crippen molar-refractivity contribution < 1.29 is 38.9 Å². The Kier molecular flexibility index (Phi) is 6.98. The number of aromatic hydroxyl groups is 2. The normalized spacial score (nSPS) is 24.5. The summed E-state index contributed by atoms with van der Waals surface area (Å²) in [5.74, 6) is -3.67. The Hall–Kier alpha value is -4.77. The topological polar surface area (TPSA) is 150 Å². The molecule has 0 saturated heterocycles. The molecule has 240 valence electrons. The first kappa shape index (κ1) is 30.9. The second kappa shape index (κ2) is 10.6. The van der Waals surface area contributed by atoms with Crippen LogP contribution in [0.1, 0.15) is 88.7 Å². The molecule has 3 aromatic rings. The molecule has 7 rings (SSSR count). The number of carbonyl (C=O) groups excluding carboxylic acids is 5. The smallest absolute Gasteiger partial charge is 0.261 e. The number of fused-ring (bicyclic) bond motifs is 3. The van der Waals surface area contributed by atoms with Gasteiger partial charge in [-0.2, -0.15) is 0 Å². The summed E-state index contributed by atoms with van der Waals surface area (Å²) in [5.41, 5.74) is -0.857. The molecule has 3 atom stereocenters. The fourth-order valence-electron chi connectivity index (χ4n) is 7.68. The molecule has 0 bridgehead atoms. The van der Waals surface area contributed by atoms with Crippen LogP contribution in [0.5, 0.6) is 17.2 Å². The standard InChI is InChI=1S/C36H31BrN2O8/c1-15-30(42)27(17(3)40)32-29(31(15)43)36(4)25(47-32)14-24(41)26(33(36)44)16(2)38-22-10-5-6-11-23(22)39-34(45)19-9-7-8-18-21(37)13-12-20(28(18)19)35(39)46/h7-9,12-14,22-23,38,42-43H,5-6,10-11H2,1-4H3/b26-16-/t22-,23-,36+/m1/s1. The van der Waals surface area contributed by atoms with Crippen molar-refractivity contribution in [1.82, 2.24) is 10.2 Å². The van der Waals surface area contributed by atoms with E-state index in [9.17, 15) is 34.2 Å². The van der Waals surface area contributed by atoms with Gasteiger partial charge in [0.2, 0.25) is 0 Å². The number of Topliss-reactive ketones (excluding diaryl/α,β-unsaturated/α-hetero) is 2. The summed E-state index contributed by atoms with van der Waals surface area (Å²) in [6.07, 6.45) is 3.88. The van der Waals surface area contributed by atoms with E-state index in [4.69, 9.17) is 4.74 Å². The molecule has 0 unspecified atom stereocenters. The lowest BCUT2D eigenvalue weighted by atomic mass is 9.70. The van der Waals surface area contributed by atoms with Crippen molar-refractivity contribution in [1.29, 1.82) is 0 Å². The number of nitrogens with zero attached hydrogens (tertiary/aromatic N) is 1. The number of allylic oxidation sites excluding steroid dienone is 4. The molecule has 2 aliphatic carbocycles. The molecule has 4 aliphatic rings. The van der Waals surface area contributed by atoms with E-state index in [1.54, 1.807) is 31.2 Å². The van der Waals surface area contributed by atoms with E-state index in [1.807, 2.05) is 6.07 Å². The first-order chi connectivity index (χ1) is 22.3. The van der Waals surface area contributed by atoms with Gasteiger partial charge in [0.1, 0.15) is 34.0 Å². The fourth-order valence-corrected chi connectivity index (χ4v) is 8.14. The minimum absolute atomic E-state index is 0.00609. The minimum Gasteiger partial charge on any atom is -0.507 e. The van der Waals surface area contributed by atoms with Crippen molar-refractivity contribution in [3.63, 3.8) is 0 Å². The molecule has 3 N–H and O–H groups in total. The number of phenolic OH excluding ortho intramolecular Hbond substituents is 2. The molecule has 2 aliphatic heterocycles. The van der Waals surface area contributed by atoms with Gasteiger partial charge in [-0.25, -0.2) is 0 Å². The van der Waals surface area contributed by atoms with Gasteiger partial charge in [0.05, 0.1) is 17.2 Å². The van der Waals surface area contributed by atoms with Gasteiger partial charge < -0.3 is 20.3 Å². The summed E-state index contributed by atoms with van der Waals surface area (Å²) in [4.78, 5) is 69.6. The van der Waals surface area contributed by atoms with Gasteiger partial charge in [0.25, 0.3) is 11.8 Å². The molecule has 10 nitrogen and oxygen atoms in total. The van der Waals surface area contributed by atoms with E-state index in [-0.39, 0.29) is 39.5 Å². The molecule has 0 radical (unpaired) electrons. The Morgan fingerprint density at radius 2 is 1.68 bits per heavy atom. The van der Waals surface area contributed by atoms with Crippen LogP contribution in [0.15, 0.2) is 57.9 Å². The average Bonchev–Trinajstić information content (AvgIpc) is 3.32. The van der Waals surface area contributed by atoms with Crippen LogP contribution in [0.2, 0.25) is 0 Å². The zero-order valence-electron chi connectivity index (χ0n) is 26.1. The molecular formula is C36H31BrN2O8. The van der Waals surface area contributed by atoms with Crippen molar-refractivity contribution >= 4 is 55.9 Å². The van der Waals surface area contributed by atoms with Gasteiger partial charge in [-0.05, 0) is 64.1 Å². The van der Waals surface area contributed by atoms with Crippen molar-refractivity contribution in [3.05, 3.63) is 85.7 Å². The van der Waals surface area contributed by atoms with E-state index in [0.717, 1.165) is 22.7 Å². The molecule has 11 heteroatoms. The molecular weight excluding hydrogens is 668 g/mol. The van der Waals surface area contributed by atoms with Gasteiger partial charge in [0.15, 0.2) is 17.3 Å². The lowest BCUT2D eigenvalue weighted by Crippen LogP contribution is -2.57. The van der Waals surface area contributed by atoms with Crippen molar-refractivity contribution in [2.45, 2.75) is 70.9 Å². The van der Waals surface area contributed by atoms with E-state index in [0.29, 0.717) is 29.4 Å². The van der Waals surface area contributed by atoms with E-state index in [1.165, 1.54) is 31.7 Å². The number of amides is 2. The monoisotopic (exact) mass is 698 g/mol. The van der Waals surface area contributed by atoms with Crippen LogP contribution in [0, 0.1) is 6.92 Å². The maximum Gasteiger partial charge on any atom is 0.261 e. The molecule has 1 fully saturated rings. The maximum atomic E-state index is 14.4. The number of ketones is 3. The number of carbonyl (C=O) groups is 5. The SMILES string of the molecule is CC(=O)c1c(O)c(C)c(O)c2c1OC1=CC(=O)/C(=C(\C)N[C@@H]3CCCC[C@H]3N3C(=O)c4cccc5c(Br)ccc(c45)C3=O)C(=O)[C@@]12C. The van der Waals surface area contributed by atoms with Gasteiger partial charge >= 0.3 is 0 Å². The van der Waals surface area contributed by atoms with Crippen LogP contribution in [0.4, 0.5) is 0 Å². The summed E-state index contributed by atoms with van der Waals surface area (Å²) in [6.45, 7) is 5.77. The molecule has 2 heterocycles. The number of imide groups is 1. The number of hydrogen-bond acceptors (Lipinski definition) is 9. The molecule has 0 aromatic heterocycles. The van der Waals surface area contributed by atoms with Crippen LogP contribution in [0.3, 0.4) is 0 Å². The zero-order valence-corrected chi connectivity index (χ0v) is 27.7. The van der Waals surface area contributed by atoms with Crippen LogP contribution >= 0.6 is 15.9 Å². The van der Waals surface area contributed by atoms with Crippen LogP contribution < -0.4 is 10.1 Å². The lowest BCUT2D eigenvalue weighted by Gasteiger charge is -2.41. The van der Waals surface area contributed by atoms with Crippen LogP contribution in [-0.2, 0) is 15.0 Å². The number of halogens is 1. The van der Waals surface area contributed by atoms with E-state index < -0.39 is 58.2 Å². The number of phenols is 2. The third kappa shape index (κ3) is 4.18. The number of rotatable bonds is 4. The highest BCUT2D eigenvalue weighted by molar-refractivity contribution is 9.10. The number of ether oxygens (including phenoxy) is 1. The van der Waals surface area contributed by atoms with E-state index in [2.05, 4.69) is 21.2 Å². The Morgan fingerprint density at radius 1 is 1.00 bits per heavy atom. The largest absolute Gasteiger partial charge is 0.507 e. The van der Waals surface area contributed by atoms with Crippen LogP contribution in [0.25, 0.3) is 10.8 Å². The van der Waals surface area contributed by atoms with Gasteiger partial charge in [-0.1, -0.05) is 40.9 Å². The predicted molar refractivity (Wildman–Crippen MR) is 175 cm³/mol. The summed E-state index contributed by atoms with van der Waals surface area (Å²) in [6, 6.07) is 7.88. The Morgan fingerprint density at radius 3 is 2.38 bits per heavy atom. The first-order valence-electron chi connectivity index (χ1n) is 15.4. The van der Waals surface area contributed by atoms with Gasteiger partial charge in [0, 0.05) is 44.4 Å². The highest BCUT2D eigenvalue weighted by Gasteiger charge is 2.56. The van der Waals surface area contributed by atoms with Crippen molar-refractivity contribution in [2.24, 2.45) is 0 Å². The Bertz CT molecular complexity index is 2070. The van der Waals surface area contributed by atoms with Crippen molar-refractivity contribution in [3.8, 4) is 17.2 Å². The van der Waals surface area contributed by atoms with Crippen molar-refractivity contribution in [2.75, 3.05) is 0 Å². The third-order valence-electron chi connectivity index (χ3n) is 10.1. The Balaban J connectivity index is 1.27. The number of hydrogen-bond donors (Lipinski definition) is 3. The number of benzene rings is 3.